The van der Waals surface area contributed by atoms with Crippen molar-refractivity contribution < 1.29 is 14.6 Å². The molecule has 9 nitrogen and oxygen atoms in total. The van der Waals surface area contributed by atoms with E-state index in [4.69, 9.17) is 4.74 Å². The van der Waals surface area contributed by atoms with E-state index >= 15 is 0 Å². The van der Waals surface area contributed by atoms with E-state index in [1.165, 1.54) is 10.8 Å². The van der Waals surface area contributed by atoms with Crippen molar-refractivity contribution in [3.63, 3.8) is 0 Å². The summed E-state index contributed by atoms with van der Waals surface area (Å²) in [6.07, 6.45) is -0.0616. The Balaban J connectivity index is 1.40. The number of nitrogens with zero attached hydrogens (tertiary/aromatic N) is 2. The van der Waals surface area contributed by atoms with Crippen LogP contribution in [-0.4, -0.2) is 40.7 Å². The van der Waals surface area contributed by atoms with Gasteiger partial charge in [-0.1, -0.05) is 12.1 Å². The predicted octanol–water partition coefficient (Wildman–Crippen LogP) is 4.57. The van der Waals surface area contributed by atoms with Crippen LogP contribution in [-0.2, 0) is 17.9 Å². The summed E-state index contributed by atoms with van der Waals surface area (Å²) >= 11 is 1.69. The number of benzene rings is 2. The summed E-state index contributed by atoms with van der Waals surface area (Å²) < 4.78 is 7.27. The number of aromatic amines is 1. The molecule has 4 heterocycles. The second-order valence-electron chi connectivity index (χ2n) is 10.4. The van der Waals surface area contributed by atoms with Crippen molar-refractivity contribution in [2.75, 3.05) is 24.0 Å². The summed E-state index contributed by atoms with van der Waals surface area (Å²) in [6.45, 7) is 5.97. The number of rotatable bonds is 6. The summed E-state index contributed by atoms with van der Waals surface area (Å²) in [5.74, 6) is -0.442. The first-order valence-electron chi connectivity index (χ1n) is 13.0. The lowest BCUT2D eigenvalue weighted by atomic mass is 9.84. The van der Waals surface area contributed by atoms with E-state index in [2.05, 4.69) is 44.4 Å². The van der Waals surface area contributed by atoms with Gasteiger partial charge in [0.1, 0.15) is 11.9 Å². The third kappa shape index (κ3) is 4.87. The van der Waals surface area contributed by atoms with E-state index in [1.54, 1.807) is 17.4 Å². The molecule has 2 atom stereocenters. The molecule has 6 rings (SSSR count). The van der Waals surface area contributed by atoms with Crippen LogP contribution >= 0.6 is 11.3 Å². The molecule has 2 aliphatic rings. The van der Waals surface area contributed by atoms with Crippen molar-refractivity contribution in [2.24, 2.45) is 0 Å². The quantitative estimate of drug-likeness (QED) is 0.279. The number of nitrogens with one attached hydrogen (secondary N) is 3. The minimum atomic E-state index is -0.839. The van der Waals surface area contributed by atoms with Gasteiger partial charge in [-0.25, -0.2) is 0 Å². The molecule has 10 heteroatoms. The SMILES string of the molecule is Cc1c([C@@H](CC(=O)O)c2cc(CN3Cc4[nH]c(=O)ccc4O[C@H](C)C3)c3sccc3c2)ccc2c1NNN2C. The van der Waals surface area contributed by atoms with Crippen LogP contribution in [0.2, 0.25) is 0 Å². The number of carbonyl (C=O) groups is 1. The van der Waals surface area contributed by atoms with E-state index < -0.39 is 5.97 Å². The molecular formula is C29H31N5O4S. The summed E-state index contributed by atoms with van der Waals surface area (Å²) in [4.78, 5) is 29.3. The second-order valence-corrected chi connectivity index (χ2v) is 11.3. The fourth-order valence-electron chi connectivity index (χ4n) is 5.81. The van der Waals surface area contributed by atoms with Crippen molar-refractivity contribution in [1.82, 2.24) is 15.4 Å². The Kier molecular flexibility index (Phi) is 6.54. The first kappa shape index (κ1) is 25.4. The van der Waals surface area contributed by atoms with Gasteiger partial charge in [-0.15, -0.1) is 16.9 Å². The average Bonchev–Trinajstić information content (AvgIpc) is 3.48. The lowest BCUT2D eigenvalue weighted by Gasteiger charge is -2.24. The zero-order chi connectivity index (χ0) is 27.3. The van der Waals surface area contributed by atoms with Gasteiger partial charge in [0, 0.05) is 43.4 Å². The largest absolute Gasteiger partial charge is 0.488 e. The molecule has 2 aromatic heterocycles. The maximum absolute atomic E-state index is 12.1. The zero-order valence-corrected chi connectivity index (χ0v) is 22.9. The molecule has 39 heavy (non-hydrogen) atoms. The monoisotopic (exact) mass is 545 g/mol. The van der Waals surface area contributed by atoms with Gasteiger partial charge in [-0.05, 0) is 71.1 Å². The van der Waals surface area contributed by atoms with E-state index in [9.17, 15) is 14.7 Å². The highest BCUT2D eigenvalue weighted by Crippen LogP contribution is 2.41. The number of carboxylic acid groups (broad SMARTS) is 1. The van der Waals surface area contributed by atoms with E-state index in [-0.39, 0.29) is 24.0 Å². The summed E-state index contributed by atoms with van der Waals surface area (Å²) in [7, 11) is 1.94. The van der Waals surface area contributed by atoms with E-state index in [1.807, 2.05) is 38.0 Å². The van der Waals surface area contributed by atoms with Gasteiger partial charge in [-0.3, -0.25) is 19.5 Å². The molecule has 0 amide bonds. The molecule has 0 radical (unpaired) electrons. The number of hydrogen-bond acceptors (Lipinski definition) is 8. The van der Waals surface area contributed by atoms with Gasteiger partial charge in [0.05, 0.1) is 23.5 Å². The smallest absolute Gasteiger partial charge is 0.304 e. The Morgan fingerprint density at radius 2 is 2.08 bits per heavy atom. The molecule has 0 aliphatic carbocycles. The molecule has 4 aromatic rings. The van der Waals surface area contributed by atoms with Gasteiger partial charge in [0.2, 0.25) is 5.56 Å². The average molecular weight is 546 g/mol. The number of aliphatic carboxylic acids is 1. The Morgan fingerprint density at radius 1 is 1.23 bits per heavy atom. The van der Waals surface area contributed by atoms with Gasteiger partial charge < -0.3 is 20.3 Å². The molecule has 0 bridgehead atoms. The minimum absolute atomic E-state index is 0.0127. The number of aromatic nitrogens is 1. The van der Waals surface area contributed by atoms with Gasteiger partial charge in [0.25, 0.3) is 0 Å². The lowest BCUT2D eigenvalue weighted by Crippen LogP contribution is -2.31. The number of thiophene rings is 1. The number of H-pyrrole nitrogens is 1. The number of hydrogen-bond donors (Lipinski definition) is 4. The van der Waals surface area contributed by atoms with Crippen molar-refractivity contribution in [3.05, 3.63) is 86.1 Å². The van der Waals surface area contributed by atoms with Crippen LogP contribution < -0.4 is 26.3 Å². The number of anilines is 2. The highest BCUT2D eigenvalue weighted by atomic mass is 32.1. The molecule has 202 valence electrons. The van der Waals surface area contributed by atoms with Gasteiger partial charge in [0.15, 0.2) is 0 Å². The second kappa shape index (κ2) is 10.0. The lowest BCUT2D eigenvalue weighted by molar-refractivity contribution is -0.137. The summed E-state index contributed by atoms with van der Waals surface area (Å²) in [6, 6.07) is 13.7. The minimum Gasteiger partial charge on any atom is -0.488 e. The Hall–Kier alpha value is -3.86. The molecule has 0 unspecified atom stereocenters. The summed E-state index contributed by atoms with van der Waals surface area (Å²) in [5, 5.41) is 15.0. The number of carboxylic acids is 1. The van der Waals surface area contributed by atoms with Gasteiger partial charge >= 0.3 is 5.97 Å². The fourth-order valence-corrected chi connectivity index (χ4v) is 6.70. The molecule has 0 spiro atoms. The number of ether oxygens (including phenoxy) is 1. The number of fused-ring (bicyclic) bond motifs is 3. The maximum atomic E-state index is 12.1. The van der Waals surface area contributed by atoms with Crippen LogP contribution in [0.1, 0.15) is 47.2 Å². The molecule has 2 aliphatic heterocycles. The Labute approximate surface area is 230 Å². The van der Waals surface area contributed by atoms with Crippen molar-refractivity contribution in [1.29, 1.82) is 0 Å². The standard InChI is InChI=1S/C29H31N5O4S/c1-16-13-34(15-23-25(38-16)6-7-26(35)30-23)14-20-11-19(10-18-8-9-39-29(18)20)22(12-27(36)37)21-4-5-24-28(17(21)2)31-32-33(24)3/h4-11,16,22,31-32H,12-15H2,1-3H3,(H,30,35)(H,36,37)/t16-,22+/m1/s1. The predicted molar refractivity (Wildman–Crippen MR) is 154 cm³/mol. The van der Waals surface area contributed by atoms with Crippen LogP contribution in [0.3, 0.4) is 0 Å². The molecule has 0 saturated heterocycles. The normalized spacial score (nSPS) is 17.7. The first-order valence-corrected chi connectivity index (χ1v) is 13.9. The van der Waals surface area contributed by atoms with Crippen LogP contribution in [0, 0.1) is 6.92 Å². The molecule has 0 saturated carbocycles. The third-order valence-corrected chi connectivity index (χ3v) is 8.58. The highest BCUT2D eigenvalue weighted by molar-refractivity contribution is 7.17. The van der Waals surface area contributed by atoms with Crippen LogP contribution in [0.5, 0.6) is 5.75 Å². The van der Waals surface area contributed by atoms with Crippen LogP contribution in [0.4, 0.5) is 11.4 Å². The van der Waals surface area contributed by atoms with Crippen LogP contribution in [0.15, 0.2) is 52.6 Å². The van der Waals surface area contributed by atoms with Crippen molar-refractivity contribution >= 4 is 38.8 Å². The Morgan fingerprint density at radius 3 is 2.90 bits per heavy atom. The molecule has 0 fully saturated rings. The first-order chi connectivity index (χ1) is 18.8. The number of pyridine rings is 1. The van der Waals surface area contributed by atoms with E-state index in [0.29, 0.717) is 25.4 Å². The number of hydrazine groups is 2. The topological polar surface area (TPSA) is 110 Å². The highest BCUT2D eigenvalue weighted by Gasteiger charge is 2.27. The zero-order valence-electron chi connectivity index (χ0n) is 22.1. The maximum Gasteiger partial charge on any atom is 0.304 e. The van der Waals surface area contributed by atoms with Crippen molar-refractivity contribution in [2.45, 2.75) is 45.4 Å². The molecule has 4 N–H and O–H groups in total. The van der Waals surface area contributed by atoms with Crippen molar-refractivity contribution in [3.8, 4) is 5.75 Å². The van der Waals surface area contributed by atoms with Crippen LogP contribution in [0.25, 0.3) is 10.1 Å². The van der Waals surface area contributed by atoms with Gasteiger partial charge in [-0.2, -0.15) is 0 Å². The Bertz CT molecular complexity index is 1630. The molecule has 2 aromatic carbocycles. The third-order valence-electron chi connectivity index (χ3n) is 7.58. The summed E-state index contributed by atoms with van der Waals surface area (Å²) in [5.41, 5.74) is 13.1. The fraction of sp³-hybridized carbons (Fsp3) is 0.310. The van der Waals surface area contributed by atoms with E-state index in [0.717, 1.165) is 44.7 Å². The molecular weight excluding hydrogens is 514 g/mol.